The van der Waals surface area contributed by atoms with Crippen LogP contribution in [0.2, 0.25) is 0 Å². The zero-order valence-electron chi connectivity index (χ0n) is 17.2. The number of carbonyl (C=O) groups excluding carboxylic acids is 1. The van der Waals surface area contributed by atoms with Crippen LogP contribution in [0.5, 0.6) is 11.5 Å². The van der Waals surface area contributed by atoms with Gasteiger partial charge in [-0.15, -0.1) is 13.2 Å². The van der Waals surface area contributed by atoms with E-state index >= 15 is 0 Å². The molecule has 0 aliphatic carbocycles. The van der Waals surface area contributed by atoms with E-state index in [9.17, 15) is 18.0 Å². The second-order valence-electron chi connectivity index (χ2n) is 6.79. The Morgan fingerprint density at radius 1 is 1.06 bits per heavy atom. The van der Waals surface area contributed by atoms with Crippen molar-refractivity contribution < 1.29 is 32.0 Å². The molecule has 170 valence electrons. The summed E-state index contributed by atoms with van der Waals surface area (Å²) < 4.78 is 52.8. The number of ether oxygens (including phenoxy) is 2. The first-order valence-corrected chi connectivity index (χ1v) is 9.60. The zero-order chi connectivity index (χ0) is 23.4. The van der Waals surface area contributed by atoms with Crippen molar-refractivity contribution in [2.45, 2.75) is 12.9 Å². The number of rotatable bonds is 7. The molecule has 2 aromatic heterocycles. The molecule has 0 radical (unpaired) electrons. The number of carbonyl (C=O) groups is 1. The Balaban J connectivity index is 1.45. The van der Waals surface area contributed by atoms with Gasteiger partial charge in [0, 0.05) is 17.4 Å². The summed E-state index contributed by atoms with van der Waals surface area (Å²) in [5.41, 5.74) is 1.57. The van der Waals surface area contributed by atoms with Crippen LogP contribution >= 0.6 is 0 Å². The Morgan fingerprint density at radius 3 is 2.42 bits per heavy atom. The first-order chi connectivity index (χ1) is 15.8. The van der Waals surface area contributed by atoms with Crippen LogP contribution in [0.1, 0.15) is 0 Å². The predicted molar refractivity (Wildman–Crippen MR) is 111 cm³/mol. The Labute approximate surface area is 185 Å². The molecule has 1 amide bonds. The average molecular weight is 458 g/mol. The van der Waals surface area contributed by atoms with E-state index < -0.39 is 6.36 Å². The summed E-state index contributed by atoms with van der Waals surface area (Å²) in [5, 5.41) is 6.66. The molecule has 8 nitrogen and oxygen atoms in total. The van der Waals surface area contributed by atoms with Crippen molar-refractivity contribution >= 4 is 11.6 Å². The molecule has 4 aromatic rings. The van der Waals surface area contributed by atoms with Gasteiger partial charge < -0.3 is 23.9 Å². The highest BCUT2D eigenvalue weighted by atomic mass is 19.4. The minimum atomic E-state index is -4.77. The molecule has 0 bridgehead atoms. The van der Waals surface area contributed by atoms with Crippen molar-refractivity contribution in [1.82, 2.24) is 14.7 Å². The van der Waals surface area contributed by atoms with Crippen LogP contribution in [0.3, 0.4) is 0 Å². The van der Waals surface area contributed by atoms with Crippen LogP contribution in [-0.4, -0.2) is 34.1 Å². The molecule has 1 N–H and O–H groups in total. The van der Waals surface area contributed by atoms with Gasteiger partial charge >= 0.3 is 6.36 Å². The molecule has 0 saturated carbocycles. The van der Waals surface area contributed by atoms with Crippen LogP contribution in [-0.2, 0) is 11.3 Å². The Bertz CT molecular complexity index is 1230. The van der Waals surface area contributed by atoms with Crippen molar-refractivity contribution in [2.24, 2.45) is 0 Å². The van der Waals surface area contributed by atoms with E-state index in [-0.39, 0.29) is 29.9 Å². The number of alkyl halides is 3. The van der Waals surface area contributed by atoms with Gasteiger partial charge in [-0.1, -0.05) is 5.16 Å². The number of amides is 1. The van der Waals surface area contributed by atoms with Crippen LogP contribution in [0.4, 0.5) is 18.9 Å². The third-order valence-corrected chi connectivity index (χ3v) is 4.51. The highest BCUT2D eigenvalue weighted by Gasteiger charge is 2.31. The van der Waals surface area contributed by atoms with Gasteiger partial charge in [0.2, 0.25) is 11.7 Å². The number of nitrogens with zero attached hydrogens (tertiary/aromatic N) is 3. The van der Waals surface area contributed by atoms with Gasteiger partial charge in [-0.05, 0) is 60.7 Å². The SMILES string of the molecule is COc1ccc(NC(=O)Cn2cccc2-c2nc(-c3ccc(OC(F)(F)F)cc3)no2)cc1. The van der Waals surface area contributed by atoms with Crippen molar-refractivity contribution in [3.05, 3.63) is 66.9 Å². The van der Waals surface area contributed by atoms with Crippen molar-refractivity contribution in [1.29, 1.82) is 0 Å². The number of benzene rings is 2. The van der Waals surface area contributed by atoms with E-state index in [1.165, 1.54) is 12.1 Å². The third kappa shape index (κ3) is 5.50. The first kappa shape index (κ1) is 21.9. The summed E-state index contributed by atoms with van der Waals surface area (Å²) in [6.07, 6.45) is -3.08. The number of nitrogens with one attached hydrogen (secondary N) is 1. The lowest BCUT2D eigenvalue weighted by Gasteiger charge is -2.09. The standard InChI is InChI=1S/C22H17F3N4O4/c1-31-16-10-6-15(7-11-16)26-19(30)13-29-12-2-3-18(29)21-27-20(28-33-21)14-4-8-17(9-5-14)32-22(23,24)25/h2-12H,13H2,1H3,(H,26,30). The Morgan fingerprint density at radius 2 is 1.76 bits per heavy atom. The molecule has 0 atom stereocenters. The van der Waals surface area contributed by atoms with Gasteiger partial charge in [0.05, 0.1) is 7.11 Å². The van der Waals surface area contributed by atoms with E-state index in [1.54, 1.807) is 54.3 Å². The summed E-state index contributed by atoms with van der Waals surface area (Å²) in [6, 6.07) is 15.4. The smallest absolute Gasteiger partial charge is 0.497 e. The first-order valence-electron chi connectivity index (χ1n) is 9.60. The molecule has 2 aromatic carbocycles. The van der Waals surface area contributed by atoms with Crippen LogP contribution < -0.4 is 14.8 Å². The monoisotopic (exact) mass is 458 g/mol. The fraction of sp³-hybridized carbons (Fsp3) is 0.136. The normalized spacial score (nSPS) is 11.3. The topological polar surface area (TPSA) is 91.4 Å². The molecule has 0 aliphatic rings. The molecule has 4 rings (SSSR count). The molecular formula is C22H17F3N4O4. The average Bonchev–Trinajstić information content (AvgIpc) is 3.43. The highest BCUT2D eigenvalue weighted by molar-refractivity contribution is 5.90. The summed E-state index contributed by atoms with van der Waals surface area (Å²) in [6.45, 7) is -0.00441. The Kier molecular flexibility index (Phi) is 6.03. The van der Waals surface area contributed by atoms with Gasteiger partial charge in [-0.2, -0.15) is 4.98 Å². The van der Waals surface area contributed by atoms with Crippen molar-refractivity contribution in [3.8, 4) is 34.5 Å². The summed E-state index contributed by atoms with van der Waals surface area (Å²) in [7, 11) is 1.56. The van der Waals surface area contributed by atoms with Crippen molar-refractivity contribution in [3.63, 3.8) is 0 Å². The maximum atomic E-state index is 12.5. The maximum Gasteiger partial charge on any atom is 0.573 e. The summed E-state index contributed by atoms with van der Waals surface area (Å²) >= 11 is 0. The second kappa shape index (κ2) is 9.07. The van der Waals surface area contributed by atoms with Crippen LogP contribution in [0.25, 0.3) is 23.0 Å². The van der Waals surface area contributed by atoms with Crippen LogP contribution in [0.15, 0.2) is 71.4 Å². The lowest BCUT2D eigenvalue weighted by atomic mass is 10.2. The zero-order valence-corrected chi connectivity index (χ0v) is 17.2. The van der Waals surface area contributed by atoms with Gasteiger partial charge in [-0.25, -0.2) is 0 Å². The number of aromatic nitrogens is 3. The molecule has 11 heteroatoms. The summed E-state index contributed by atoms with van der Waals surface area (Å²) in [5.74, 6) is 0.390. The van der Waals surface area contributed by atoms with Gasteiger partial charge in [0.15, 0.2) is 0 Å². The fourth-order valence-electron chi connectivity index (χ4n) is 3.03. The number of anilines is 1. The minimum absolute atomic E-state index is 0.00441. The number of methoxy groups -OCH3 is 1. The molecule has 0 fully saturated rings. The van der Waals surface area contributed by atoms with Gasteiger partial charge in [0.1, 0.15) is 23.7 Å². The molecular weight excluding hydrogens is 441 g/mol. The number of hydrogen-bond donors (Lipinski definition) is 1. The molecule has 0 aliphatic heterocycles. The van der Waals surface area contributed by atoms with E-state index in [1.807, 2.05) is 0 Å². The lowest BCUT2D eigenvalue weighted by molar-refractivity contribution is -0.274. The third-order valence-electron chi connectivity index (χ3n) is 4.51. The lowest BCUT2D eigenvalue weighted by Crippen LogP contribution is -2.18. The fourth-order valence-corrected chi connectivity index (χ4v) is 3.03. The number of hydrogen-bond acceptors (Lipinski definition) is 6. The quantitative estimate of drug-likeness (QED) is 0.430. The largest absolute Gasteiger partial charge is 0.573 e. The van der Waals surface area contributed by atoms with E-state index in [0.29, 0.717) is 22.7 Å². The minimum Gasteiger partial charge on any atom is -0.497 e. The van der Waals surface area contributed by atoms with E-state index in [4.69, 9.17) is 9.26 Å². The maximum absolute atomic E-state index is 12.5. The van der Waals surface area contributed by atoms with E-state index in [2.05, 4.69) is 20.2 Å². The molecule has 0 saturated heterocycles. The number of halogens is 3. The van der Waals surface area contributed by atoms with Gasteiger partial charge in [0.25, 0.3) is 5.89 Å². The van der Waals surface area contributed by atoms with E-state index in [0.717, 1.165) is 12.1 Å². The molecule has 2 heterocycles. The Hall–Kier alpha value is -4.28. The van der Waals surface area contributed by atoms with Crippen molar-refractivity contribution in [2.75, 3.05) is 12.4 Å². The highest BCUT2D eigenvalue weighted by Crippen LogP contribution is 2.27. The molecule has 0 spiro atoms. The summed E-state index contributed by atoms with van der Waals surface area (Å²) in [4.78, 5) is 16.7. The molecule has 33 heavy (non-hydrogen) atoms. The van der Waals surface area contributed by atoms with Gasteiger partial charge in [-0.3, -0.25) is 4.79 Å². The predicted octanol–water partition coefficient (Wildman–Crippen LogP) is 4.75. The molecule has 0 unspecified atom stereocenters. The second-order valence-corrected chi connectivity index (χ2v) is 6.79. The van der Waals surface area contributed by atoms with Crippen LogP contribution in [0, 0.1) is 0 Å².